The molecule has 2 unspecified atom stereocenters. The summed E-state index contributed by atoms with van der Waals surface area (Å²) in [6.07, 6.45) is 5.04. The number of aryl methyl sites for hydroxylation is 1. The molecule has 1 saturated carbocycles. The zero-order chi connectivity index (χ0) is 18.3. The molecule has 2 atom stereocenters. The average Bonchev–Trinajstić information content (AvgIpc) is 2.60. The van der Waals surface area contributed by atoms with Crippen LogP contribution in [-0.2, 0) is 12.1 Å². The van der Waals surface area contributed by atoms with E-state index in [-0.39, 0.29) is 11.8 Å². The number of hydrogen-bond acceptors (Lipinski definition) is 3. The summed E-state index contributed by atoms with van der Waals surface area (Å²) in [6, 6.07) is 9.79. The number of piperidine rings is 1. The molecule has 138 valence electrons. The molecule has 0 spiro atoms. The highest BCUT2D eigenvalue weighted by molar-refractivity contribution is 6.42. The monoisotopic (exact) mass is 390 g/mol. The van der Waals surface area contributed by atoms with Crippen molar-refractivity contribution >= 4 is 23.2 Å². The molecule has 2 heterocycles. The third-order valence-corrected chi connectivity index (χ3v) is 6.98. The molecular weight excluding hydrogens is 367 g/mol. The van der Waals surface area contributed by atoms with Crippen LogP contribution in [-0.4, -0.2) is 28.1 Å². The van der Waals surface area contributed by atoms with Crippen molar-refractivity contribution in [3.63, 3.8) is 0 Å². The molecule has 2 aromatic rings. The lowest BCUT2D eigenvalue weighted by atomic mass is 9.63. The van der Waals surface area contributed by atoms with Crippen molar-refractivity contribution in [3.05, 3.63) is 63.4 Å². The van der Waals surface area contributed by atoms with Gasteiger partial charge >= 0.3 is 0 Å². The molecule has 1 aliphatic carbocycles. The maximum absolute atomic E-state index is 11.7. The highest BCUT2D eigenvalue weighted by Gasteiger charge is 2.52. The molecule has 1 N–H and O–H groups in total. The third kappa shape index (κ3) is 3.05. The van der Waals surface area contributed by atoms with Gasteiger partial charge in [0.1, 0.15) is 5.60 Å². The maximum atomic E-state index is 11.7. The van der Waals surface area contributed by atoms with Crippen molar-refractivity contribution in [3.8, 4) is 0 Å². The van der Waals surface area contributed by atoms with Crippen LogP contribution in [0.3, 0.4) is 0 Å². The Labute approximate surface area is 165 Å². The molecule has 2 fully saturated rings. The molecule has 26 heavy (non-hydrogen) atoms. The predicted molar refractivity (Wildman–Crippen MR) is 105 cm³/mol. The second-order valence-electron chi connectivity index (χ2n) is 7.73. The van der Waals surface area contributed by atoms with Gasteiger partial charge in [-0.1, -0.05) is 47.8 Å². The van der Waals surface area contributed by atoms with Crippen LogP contribution in [0.5, 0.6) is 0 Å². The van der Waals surface area contributed by atoms with Crippen LogP contribution in [0.15, 0.2) is 36.5 Å². The maximum Gasteiger partial charge on any atom is 0.115 e. The summed E-state index contributed by atoms with van der Waals surface area (Å²) in [5, 5.41) is 13.0. The normalized spacial score (nSPS) is 28.9. The molecule has 4 rings (SSSR count). The summed E-state index contributed by atoms with van der Waals surface area (Å²) < 4.78 is 0. The van der Waals surface area contributed by atoms with Gasteiger partial charge in [0.05, 0.1) is 15.7 Å². The summed E-state index contributed by atoms with van der Waals surface area (Å²) in [6.45, 7) is 4.52. The number of rotatable bonds is 3. The molecule has 2 aliphatic rings. The highest BCUT2D eigenvalue weighted by Crippen LogP contribution is 2.49. The number of hydrogen-bond donors (Lipinski definition) is 1. The van der Waals surface area contributed by atoms with E-state index in [1.54, 1.807) is 6.20 Å². The van der Waals surface area contributed by atoms with Crippen molar-refractivity contribution in [2.45, 2.75) is 38.3 Å². The van der Waals surface area contributed by atoms with Gasteiger partial charge in [-0.25, -0.2) is 0 Å². The standard InChI is InChI=1S/C21H24Cl2N2O/c1-14-5-4-10-24-20(14)21(26)16-7-3-8-17(21)13-25(12-16)11-15-6-2-9-18(22)19(15)23/h2,4-6,9-10,16-17,26H,3,7-8,11-13H2,1H3. The zero-order valence-electron chi connectivity index (χ0n) is 15.0. The second-order valence-corrected chi connectivity index (χ2v) is 8.51. The number of benzene rings is 1. The van der Waals surface area contributed by atoms with Gasteiger partial charge < -0.3 is 5.11 Å². The fraction of sp³-hybridized carbons (Fsp3) is 0.476. The number of aromatic nitrogens is 1. The van der Waals surface area contributed by atoms with E-state index in [0.717, 1.165) is 49.3 Å². The second kappa shape index (κ2) is 7.12. The van der Waals surface area contributed by atoms with Crippen LogP contribution >= 0.6 is 23.2 Å². The Hall–Kier alpha value is -1.13. The van der Waals surface area contributed by atoms with E-state index in [1.807, 2.05) is 37.3 Å². The van der Waals surface area contributed by atoms with E-state index in [0.29, 0.717) is 10.0 Å². The predicted octanol–water partition coefficient (Wildman–Crippen LogP) is 4.82. The van der Waals surface area contributed by atoms with Crippen molar-refractivity contribution in [1.82, 2.24) is 9.88 Å². The van der Waals surface area contributed by atoms with Gasteiger partial charge in [-0.3, -0.25) is 9.88 Å². The van der Waals surface area contributed by atoms with Crippen LogP contribution in [0.25, 0.3) is 0 Å². The Balaban J connectivity index is 1.61. The van der Waals surface area contributed by atoms with Crippen LogP contribution in [0.4, 0.5) is 0 Å². The minimum absolute atomic E-state index is 0.196. The first-order valence-corrected chi connectivity index (χ1v) is 10.1. The highest BCUT2D eigenvalue weighted by atomic mass is 35.5. The van der Waals surface area contributed by atoms with Crippen LogP contribution < -0.4 is 0 Å². The van der Waals surface area contributed by atoms with Gasteiger partial charge in [0.2, 0.25) is 0 Å². The molecule has 0 amide bonds. The van der Waals surface area contributed by atoms with Gasteiger partial charge in [0.25, 0.3) is 0 Å². The number of halogens is 2. The molecular formula is C21H24Cl2N2O. The number of fused-ring (bicyclic) bond motifs is 2. The Kier molecular flexibility index (Phi) is 5.00. The van der Waals surface area contributed by atoms with Crippen molar-refractivity contribution < 1.29 is 5.11 Å². The van der Waals surface area contributed by atoms with Crippen LogP contribution in [0, 0.1) is 18.8 Å². The van der Waals surface area contributed by atoms with Crippen molar-refractivity contribution in [2.24, 2.45) is 11.8 Å². The lowest BCUT2D eigenvalue weighted by Gasteiger charge is -2.53. The quantitative estimate of drug-likeness (QED) is 0.815. The molecule has 0 radical (unpaired) electrons. The van der Waals surface area contributed by atoms with E-state index >= 15 is 0 Å². The molecule has 1 aliphatic heterocycles. The summed E-state index contributed by atoms with van der Waals surface area (Å²) in [4.78, 5) is 7.00. The fourth-order valence-corrected chi connectivity index (χ4v) is 5.25. The zero-order valence-corrected chi connectivity index (χ0v) is 16.5. The van der Waals surface area contributed by atoms with Crippen molar-refractivity contribution in [1.29, 1.82) is 0 Å². The van der Waals surface area contributed by atoms with Crippen LogP contribution in [0.1, 0.15) is 36.1 Å². The number of aliphatic hydroxyl groups is 1. The summed E-state index contributed by atoms with van der Waals surface area (Å²) in [5.74, 6) is 0.392. The first-order valence-electron chi connectivity index (χ1n) is 9.30. The molecule has 1 saturated heterocycles. The van der Waals surface area contributed by atoms with E-state index in [1.165, 1.54) is 6.42 Å². The molecule has 5 heteroatoms. The Morgan fingerprint density at radius 2 is 1.88 bits per heavy atom. The van der Waals surface area contributed by atoms with Gasteiger partial charge in [-0.05, 0) is 43.0 Å². The van der Waals surface area contributed by atoms with E-state index in [4.69, 9.17) is 23.2 Å². The number of nitrogens with zero attached hydrogens (tertiary/aromatic N) is 2. The first kappa shape index (κ1) is 18.2. The van der Waals surface area contributed by atoms with Crippen LogP contribution in [0.2, 0.25) is 10.0 Å². The summed E-state index contributed by atoms with van der Waals surface area (Å²) in [7, 11) is 0. The largest absolute Gasteiger partial charge is 0.383 e. The summed E-state index contributed by atoms with van der Waals surface area (Å²) in [5.41, 5.74) is 2.18. The first-order chi connectivity index (χ1) is 12.5. The Morgan fingerprint density at radius 3 is 2.58 bits per heavy atom. The summed E-state index contributed by atoms with van der Waals surface area (Å²) >= 11 is 12.6. The molecule has 1 aromatic heterocycles. The van der Waals surface area contributed by atoms with Gasteiger partial charge in [-0.15, -0.1) is 0 Å². The molecule has 2 bridgehead atoms. The van der Waals surface area contributed by atoms with E-state index < -0.39 is 5.60 Å². The van der Waals surface area contributed by atoms with E-state index in [9.17, 15) is 5.11 Å². The average molecular weight is 391 g/mol. The minimum Gasteiger partial charge on any atom is -0.383 e. The Morgan fingerprint density at radius 1 is 1.15 bits per heavy atom. The number of likely N-dealkylation sites (tertiary alicyclic amines) is 1. The molecule has 1 aromatic carbocycles. The molecule has 3 nitrogen and oxygen atoms in total. The minimum atomic E-state index is -0.821. The third-order valence-electron chi connectivity index (χ3n) is 6.12. The lowest BCUT2D eigenvalue weighted by Crippen LogP contribution is -2.58. The van der Waals surface area contributed by atoms with Gasteiger partial charge in [0, 0.05) is 37.7 Å². The smallest absolute Gasteiger partial charge is 0.115 e. The van der Waals surface area contributed by atoms with Gasteiger partial charge in [0.15, 0.2) is 0 Å². The fourth-order valence-electron chi connectivity index (χ4n) is 4.88. The topological polar surface area (TPSA) is 36.4 Å². The Bertz CT molecular complexity index is 796. The SMILES string of the molecule is Cc1cccnc1C1(O)C2CCCC1CN(Cc1cccc(Cl)c1Cl)C2. The van der Waals surface area contributed by atoms with Crippen molar-refractivity contribution in [2.75, 3.05) is 13.1 Å². The lowest BCUT2D eigenvalue weighted by molar-refractivity contribution is -0.151. The number of pyridine rings is 1. The van der Waals surface area contributed by atoms with E-state index in [2.05, 4.69) is 9.88 Å². The van der Waals surface area contributed by atoms with Gasteiger partial charge in [-0.2, -0.15) is 0 Å².